The molecule has 2 bridgehead atoms. The van der Waals surface area contributed by atoms with Gasteiger partial charge in [0.15, 0.2) is 0 Å². The van der Waals surface area contributed by atoms with Crippen LogP contribution in [-0.4, -0.2) is 18.9 Å². The zero-order valence-corrected chi connectivity index (χ0v) is 12.3. The molecular formula is C18H17NO3. The van der Waals surface area contributed by atoms with Crippen LogP contribution in [0.1, 0.15) is 6.42 Å². The molecule has 6 rings (SSSR count). The largest absolute Gasteiger partial charge is 0.497 e. The van der Waals surface area contributed by atoms with Crippen molar-refractivity contribution < 1.29 is 14.3 Å². The topological polar surface area (TPSA) is 46.6 Å². The monoisotopic (exact) mass is 295 g/mol. The third kappa shape index (κ3) is 1.38. The molecule has 4 aliphatic carbocycles. The number of ether oxygens (including phenoxy) is 1. The first-order valence-electron chi connectivity index (χ1n) is 7.91. The maximum Gasteiger partial charge on any atom is 0.238 e. The zero-order chi connectivity index (χ0) is 15.0. The molecular weight excluding hydrogens is 278 g/mol. The molecule has 4 nitrogen and oxygen atoms in total. The van der Waals surface area contributed by atoms with Crippen LogP contribution in [0.15, 0.2) is 36.4 Å². The average molecular weight is 295 g/mol. The maximum absolute atomic E-state index is 12.9. The number of imide groups is 1. The van der Waals surface area contributed by atoms with Gasteiger partial charge in [-0.15, -0.1) is 0 Å². The summed E-state index contributed by atoms with van der Waals surface area (Å²) in [6.07, 6.45) is 5.58. The Hall–Kier alpha value is -2.10. The smallest absolute Gasteiger partial charge is 0.238 e. The van der Waals surface area contributed by atoms with E-state index in [4.69, 9.17) is 4.74 Å². The van der Waals surface area contributed by atoms with Crippen LogP contribution in [0.3, 0.4) is 0 Å². The lowest BCUT2D eigenvalue weighted by Crippen LogP contribution is -2.40. The summed E-state index contributed by atoms with van der Waals surface area (Å²) in [7, 11) is 1.59. The second-order valence-electron chi connectivity index (χ2n) is 6.87. The molecule has 3 fully saturated rings. The van der Waals surface area contributed by atoms with E-state index < -0.39 is 0 Å². The fourth-order valence-corrected chi connectivity index (χ4v) is 4.96. The third-order valence-corrected chi connectivity index (χ3v) is 5.97. The zero-order valence-electron chi connectivity index (χ0n) is 12.3. The first-order valence-corrected chi connectivity index (χ1v) is 7.91. The molecule has 0 aromatic heterocycles. The predicted molar refractivity (Wildman–Crippen MR) is 80.2 cm³/mol. The van der Waals surface area contributed by atoms with Crippen molar-refractivity contribution in [2.24, 2.45) is 35.5 Å². The number of methoxy groups -OCH3 is 1. The van der Waals surface area contributed by atoms with Gasteiger partial charge in [0.1, 0.15) is 5.75 Å². The van der Waals surface area contributed by atoms with Crippen LogP contribution in [0.5, 0.6) is 5.75 Å². The summed E-state index contributed by atoms with van der Waals surface area (Å²) in [5.41, 5.74) is 0.636. The fourth-order valence-electron chi connectivity index (χ4n) is 4.96. The minimum atomic E-state index is -0.141. The van der Waals surface area contributed by atoms with Gasteiger partial charge in [0, 0.05) is 6.07 Å². The Labute approximate surface area is 128 Å². The number of hydrogen-bond donors (Lipinski definition) is 0. The van der Waals surface area contributed by atoms with Gasteiger partial charge in [-0.05, 0) is 42.2 Å². The number of carbonyl (C=O) groups excluding carboxylic acids is 2. The molecule has 1 saturated heterocycles. The van der Waals surface area contributed by atoms with Crippen molar-refractivity contribution in [2.45, 2.75) is 6.42 Å². The Morgan fingerprint density at radius 3 is 2.27 bits per heavy atom. The number of hydrogen-bond acceptors (Lipinski definition) is 3. The minimum Gasteiger partial charge on any atom is -0.497 e. The summed E-state index contributed by atoms with van der Waals surface area (Å²) in [6, 6.07) is 7.22. The summed E-state index contributed by atoms with van der Waals surface area (Å²) in [4.78, 5) is 27.3. The van der Waals surface area contributed by atoms with Gasteiger partial charge in [-0.25, -0.2) is 4.90 Å². The van der Waals surface area contributed by atoms with E-state index in [-0.39, 0.29) is 35.5 Å². The van der Waals surface area contributed by atoms with Crippen molar-refractivity contribution in [3.05, 3.63) is 36.4 Å². The van der Waals surface area contributed by atoms with E-state index in [1.165, 1.54) is 11.3 Å². The maximum atomic E-state index is 12.9. The second kappa shape index (κ2) is 4.00. The number of carbonyl (C=O) groups is 2. The Bertz CT molecular complexity index is 689. The van der Waals surface area contributed by atoms with Crippen LogP contribution in [0, 0.1) is 35.5 Å². The number of rotatable bonds is 2. The summed E-state index contributed by atoms with van der Waals surface area (Å²) in [5.74, 6) is 2.16. The van der Waals surface area contributed by atoms with Crippen molar-refractivity contribution in [2.75, 3.05) is 12.0 Å². The van der Waals surface area contributed by atoms with E-state index >= 15 is 0 Å². The van der Waals surface area contributed by atoms with Crippen LogP contribution < -0.4 is 9.64 Å². The molecule has 2 saturated carbocycles. The van der Waals surface area contributed by atoms with Crippen LogP contribution in [0.25, 0.3) is 0 Å². The first kappa shape index (κ1) is 12.4. The highest BCUT2D eigenvalue weighted by Crippen LogP contribution is 2.65. The van der Waals surface area contributed by atoms with Gasteiger partial charge in [-0.1, -0.05) is 18.2 Å². The Balaban J connectivity index is 1.57. The van der Waals surface area contributed by atoms with Crippen molar-refractivity contribution in [3.8, 4) is 5.75 Å². The third-order valence-electron chi connectivity index (χ3n) is 5.97. The van der Waals surface area contributed by atoms with Crippen molar-refractivity contribution in [1.82, 2.24) is 0 Å². The van der Waals surface area contributed by atoms with Crippen LogP contribution >= 0.6 is 0 Å². The van der Waals surface area contributed by atoms with Crippen LogP contribution in [0.4, 0.5) is 5.69 Å². The predicted octanol–water partition coefficient (Wildman–Crippen LogP) is 2.25. The fraction of sp³-hybridized carbons (Fsp3) is 0.444. The number of allylic oxidation sites excluding steroid dienone is 2. The average Bonchev–Trinajstić information content (AvgIpc) is 3.32. The standard InChI is InChI=1S/C18H17NO3/c1-22-10-4-2-3-9(7-10)19-17(20)15-11-5-6-12(14-8-13(11)14)16(15)18(19)21/h2-7,11-16H,8H2,1H3/t11-,12-,13-,14+,15-,16+/m0/s1. The summed E-state index contributed by atoms with van der Waals surface area (Å²) in [6.45, 7) is 0. The summed E-state index contributed by atoms with van der Waals surface area (Å²) in [5, 5.41) is 0. The molecule has 5 aliphatic rings. The van der Waals surface area contributed by atoms with E-state index in [0.29, 0.717) is 23.3 Å². The molecule has 1 heterocycles. The highest BCUT2D eigenvalue weighted by atomic mass is 16.5. The van der Waals surface area contributed by atoms with E-state index in [2.05, 4.69) is 12.2 Å². The SMILES string of the molecule is COc1cccc(N2C(=O)[C@@H]3[C@H]4C=C[C@@H]([C@@H]5C[C@H]45)[C@@H]3C2=O)c1. The number of benzene rings is 1. The van der Waals surface area contributed by atoms with Crippen molar-refractivity contribution >= 4 is 17.5 Å². The molecule has 0 spiro atoms. The van der Waals surface area contributed by atoms with Crippen LogP contribution in [-0.2, 0) is 9.59 Å². The summed E-state index contributed by atoms with van der Waals surface area (Å²) < 4.78 is 5.22. The van der Waals surface area contributed by atoms with Gasteiger partial charge in [0.2, 0.25) is 11.8 Å². The molecule has 1 aromatic carbocycles. The number of amides is 2. The second-order valence-corrected chi connectivity index (χ2v) is 6.87. The lowest BCUT2D eigenvalue weighted by molar-refractivity contribution is -0.124. The lowest BCUT2D eigenvalue weighted by Gasteiger charge is -2.37. The van der Waals surface area contributed by atoms with Gasteiger partial charge in [-0.2, -0.15) is 0 Å². The van der Waals surface area contributed by atoms with Crippen LogP contribution in [0.2, 0.25) is 0 Å². The quantitative estimate of drug-likeness (QED) is 0.621. The van der Waals surface area contributed by atoms with Gasteiger partial charge in [-0.3, -0.25) is 9.59 Å². The van der Waals surface area contributed by atoms with Crippen molar-refractivity contribution in [3.63, 3.8) is 0 Å². The molecule has 0 unspecified atom stereocenters. The number of anilines is 1. The molecule has 2 amide bonds. The van der Waals surface area contributed by atoms with E-state index in [0.717, 1.165) is 0 Å². The lowest BCUT2D eigenvalue weighted by atomic mass is 9.63. The van der Waals surface area contributed by atoms with E-state index in [1.807, 2.05) is 18.2 Å². The summed E-state index contributed by atoms with van der Waals surface area (Å²) >= 11 is 0. The van der Waals surface area contributed by atoms with E-state index in [1.54, 1.807) is 13.2 Å². The molecule has 22 heavy (non-hydrogen) atoms. The molecule has 0 radical (unpaired) electrons. The van der Waals surface area contributed by atoms with Gasteiger partial charge >= 0.3 is 0 Å². The Kier molecular flexibility index (Phi) is 2.26. The molecule has 0 N–H and O–H groups in total. The Morgan fingerprint density at radius 2 is 1.68 bits per heavy atom. The van der Waals surface area contributed by atoms with Gasteiger partial charge < -0.3 is 4.74 Å². The number of nitrogens with zero attached hydrogens (tertiary/aromatic N) is 1. The molecule has 1 aromatic rings. The molecule has 112 valence electrons. The van der Waals surface area contributed by atoms with Crippen molar-refractivity contribution in [1.29, 1.82) is 0 Å². The normalized spacial score (nSPS) is 40.7. The molecule has 6 atom stereocenters. The Morgan fingerprint density at radius 1 is 1.05 bits per heavy atom. The molecule has 1 aliphatic heterocycles. The molecule has 4 heteroatoms. The minimum absolute atomic E-state index is 0.0204. The van der Waals surface area contributed by atoms with E-state index in [9.17, 15) is 9.59 Å². The first-order chi connectivity index (χ1) is 10.7. The van der Waals surface area contributed by atoms with Gasteiger partial charge in [0.25, 0.3) is 0 Å². The van der Waals surface area contributed by atoms with Gasteiger partial charge in [0.05, 0.1) is 24.6 Å². The highest BCUT2D eigenvalue weighted by molar-refractivity contribution is 6.22. The highest BCUT2D eigenvalue weighted by Gasteiger charge is 2.67.